The topological polar surface area (TPSA) is 83.8 Å². The molecule has 1 aromatic carbocycles. The number of hydrogen-bond acceptors (Lipinski definition) is 4. The normalized spacial score (nSPS) is 10.4. The summed E-state index contributed by atoms with van der Waals surface area (Å²) in [5, 5.41) is 6.52. The molecule has 0 fully saturated rings. The molecule has 1 amide bonds. The van der Waals surface area contributed by atoms with Crippen LogP contribution in [0.2, 0.25) is 0 Å². The van der Waals surface area contributed by atoms with Crippen molar-refractivity contribution in [3.8, 4) is 11.4 Å². The van der Waals surface area contributed by atoms with Gasteiger partial charge in [0.25, 0.3) is 5.91 Å². The highest BCUT2D eigenvalue weighted by Gasteiger charge is 2.08. The zero-order valence-corrected chi connectivity index (χ0v) is 10.5. The molecular weight excluding hydrogens is 256 g/mol. The van der Waals surface area contributed by atoms with E-state index in [1.807, 2.05) is 12.1 Å². The third kappa shape index (κ3) is 2.59. The lowest BCUT2D eigenvalue weighted by Crippen LogP contribution is -2.22. The molecule has 0 aliphatic rings. The van der Waals surface area contributed by atoms with Crippen LogP contribution in [-0.4, -0.2) is 21.0 Å². The maximum Gasteiger partial charge on any atom is 0.251 e. The Hall–Kier alpha value is -2.89. The summed E-state index contributed by atoms with van der Waals surface area (Å²) in [5.41, 5.74) is 2.12. The number of imidazole rings is 1. The third-order valence-corrected chi connectivity index (χ3v) is 2.82. The number of amides is 1. The number of carbonyl (C=O) groups excluding carboxylic acids is 1. The van der Waals surface area contributed by atoms with Crippen molar-refractivity contribution >= 4 is 5.91 Å². The van der Waals surface area contributed by atoms with Gasteiger partial charge in [0, 0.05) is 29.6 Å². The molecule has 6 nitrogen and oxygen atoms in total. The van der Waals surface area contributed by atoms with E-state index in [0.29, 0.717) is 17.8 Å². The number of aromatic amines is 1. The first kappa shape index (κ1) is 12.2. The van der Waals surface area contributed by atoms with Crippen LogP contribution in [0.4, 0.5) is 0 Å². The molecule has 0 atom stereocenters. The Morgan fingerprint density at radius 2 is 2.30 bits per heavy atom. The van der Waals surface area contributed by atoms with Crippen molar-refractivity contribution < 1.29 is 9.32 Å². The molecule has 20 heavy (non-hydrogen) atoms. The largest absolute Gasteiger partial charge is 0.364 e. The number of rotatable bonds is 4. The van der Waals surface area contributed by atoms with Gasteiger partial charge in [-0.05, 0) is 12.1 Å². The Bertz CT molecular complexity index is 690. The molecule has 2 heterocycles. The lowest BCUT2D eigenvalue weighted by Gasteiger charge is -2.04. The number of nitrogens with one attached hydrogen (secondary N) is 2. The SMILES string of the molecule is O=C(NCc1ccon1)c1cccc(-c2ncc[nH]2)c1. The van der Waals surface area contributed by atoms with Crippen LogP contribution in [-0.2, 0) is 6.54 Å². The molecule has 0 bridgehead atoms. The molecule has 2 N–H and O–H groups in total. The molecule has 3 rings (SSSR count). The average Bonchev–Trinajstić information content (AvgIpc) is 3.18. The molecule has 6 heteroatoms. The first-order valence-electron chi connectivity index (χ1n) is 6.10. The van der Waals surface area contributed by atoms with Gasteiger partial charge >= 0.3 is 0 Å². The van der Waals surface area contributed by atoms with E-state index in [0.717, 1.165) is 11.4 Å². The second-order valence-corrected chi connectivity index (χ2v) is 4.19. The third-order valence-electron chi connectivity index (χ3n) is 2.82. The van der Waals surface area contributed by atoms with Crippen LogP contribution in [0.5, 0.6) is 0 Å². The van der Waals surface area contributed by atoms with E-state index in [4.69, 9.17) is 4.52 Å². The lowest BCUT2D eigenvalue weighted by atomic mass is 10.1. The van der Waals surface area contributed by atoms with E-state index in [1.54, 1.807) is 30.6 Å². The van der Waals surface area contributed by atoms with E-state index in [9.17, 15) is 4.79 Å². The van der Waals surface area contributed by atoms with E-state index >= 15 is 0 Å². The number of nitrogens with zero attached hydrogens (tertiary/aromatic N) is 2. The van der Waals surface area contributed by atoms with Gasteiger partial charge in [0.1, 0.15) is 17.8 Å². The van der Waals surface area contributed by atoms with Gasteiger partial charge in [-0.1, -0.05) is 17.3 Å². The number of H-pyrrole nitrogens is 1. The summed E-state index contributed by atoms with van der Waals surface area (Å²) >= 11 is 0. The summed E-state index contributed by atoms with van der Waals surface area (Å²) in [4.78, 5) is 19.2. The van der Waals surface area contributed by atoms with E-state index in [2.05, 4.69) is 20.4 Å². The summed E-state index contributed by atoms with van der Waals surface area (Å²) in [7, 11) is 0. The van der Waals surface area contributed by atoms with Crippen molar-refractivity contribution in [1.29, 1.82) is 0 Å². The lowest BCUT2D eigenvalue weighted by molar-refractivity contribution is 0.0950. The van der Waals surface area contributed by atoms with Crippen LogP contribution in [0.3, 0.4) is 0 Å². The molecular formula is C14H12N4O2. The van der Waals surface area contributed by atoms with Crippen LogP contribution in [0.1, 0.15) is 16.1 Å². The zero-order valence-electron chi connectivity index (χ0n) is 10.5. The molecule has 0 aliphatic heterocycles. The van der Waals surface area contributed by atoms with E-state index < -0.39 is 0 Å². The van der Waals surface area contributed by atoms with Crippen LogP contribution < -0.4 is 5.32 Å². The van der Waals surface area contributed by atoms with Crippen LogP contribution in [0, 0.1) is 0 Å². The molecule has 3 aromatic rings. The fourth-order valence-corrected chi connectivity index (χ4v) is 1.83. The molecule has 0 spiro atoms. The van der Waals surface area contributed by atoms with Crippen molar-refractivity contribution in [3.05, 3.63) is 60.2 Å². The van der Waals surface area contributed by atoms with Gasteiger partial charge in [0.2, 0.25) is 0 Å². The average molecular weight is 268 g/mol. The summed E-state index contributed by atoms with van der Waals surface area (Å²) in [6.07, 6.45) is 4.89. The fourth-order valence-electron chi connectivity index (χ4n) is 1.83. The van der Waals surface area contributed by atoms with Gasteiger partial charge in [-0.3, -0.25) is 4.79 Å². The zero-order chi connectivity index (χ0) is 13.8. The van der Waals surface area contributed by atoms with Gasteiger partial charge < -0.3 is 14.8 Å². The smallest absolute Gasteiger partial charge is 0.251 e. The Morgan fingerprint density at radius 1 is 1.35 bits per heavy atom. The quantitative estimate of drug-likeness (QED) is 0.758. The van der Waals surface area contributed by atoms with Gasteiger partial charge in [-0.15, -0.1) is 0 Å². The summed E-state index contributed by atoms with van der Waals surface area (Å²) in [6, 6.07) is 8.97. The summed E-state index contributed by atoms with van der Waals surface area (Å²) in [6.45, 7) is 0.334. The van der Waals surface area contributed by atoms with Gasteiger partial charge in [0.15, 0.2) is 0 Å². The Balaban J connectivity index is 1.73. The maximum absolute atomic E-state index is 12.1. The first-order valence-corrected chi connectivity index (χ1v) is 6.10. The predicted octanol–water partition coefficient (Wildman–Crippen LogP) is 1.99. The molecule has 0 unspecified atom stereocenters. The summed E-state index contributed by atoms with van der Waals surface area (Å²) < 4.78 is 4.71. The minimum atomic E-state index is -0.165. The van der Waals surface area contributed by atoms with Crippen molar-refractivity contribution in [2.24, 2.45) is 0 Å². The molecule has 0 saturated heterocycles. The maximum atomic E-state index is 12.1. The highest BCUT2D eigenvalue weighted by Crippen LogP contribution is 2.15. The predicted molar refractivity (Wildman–Crippen MR) is 71.7 cm³/mol. The van der Waals surface area contributed by atoms with Crippen LogP contribution in [0.25, 0.3) is 11.4 Å². The van der Waals surface area contributed by atoms with Crippen LogP contribution in [0.15, 0.2) is 53.5 Å². The van der Waals surface area contributed by atoms with Crippen molar-refractivity contribution in [2.75, 3.05) is 0 Å². The van der Waals surface area contributed by atoms with E-state index in [-0.39, 0.29) is 5.91 Å². The standard InChI is InChI=1S/C14H12N4O2/c19-14(17-9-12-4-7-20-18-12)11-3-1-2-10(8-11)13-15-5-6-16-13/h1-8H,9H2,(H,15,16)(H,17,19). The van der Waals surface area contributed by atoms with Crippen LogP contribution >= 0.6 is 0 Å². The van der Waals surface area contributed by atoms with Gasteiger partial charge in [0.05, 0.1) is 6.54 Å². The highest BCUT2D eigenvalue weighted by atomic mass is 16.5. The van der Waals surface area contributed by atoms with Gasteiger partial charge in [-0.25, -0.2) is 4.98 Å². The summed E-state index contributed by atoms with van der Waals surface area (Å²) in [5.74, 6) is 0.567. The minimum absolute atomic E-state index is 0.165. The monoisotopic (exact) mass is 268 g/mol. The Labute approximate surface area is 114 Å². The van der Waals surface area contributed by atoms with Gasteiger partial charge in [-0.2, -0.15) is 0 Å². The van der Waals surface area contributed by atoms with Crippen molar-refractivity contribution in [3.63, 3.8) is 0 Å². The Morgan fingerprint density at radius 3 is 3.05 bits per heavy atom. The van der Waals surface area contributed by atoms with Crippen molar-refractivity contribution in [2.45, 2.75) is 6.54 Å². The second-order valence-electron chi connectivity index (χ2n) is 4.19. The molecule has 100 valence electrons. The van der Waals surface area contributed by atoms with Crippen molar-refractivity contribution in [1.82, 2.24) is 20.4 Å². The molecule has 0 aliphatic carbocycles. The second kappa shape index (κ2) is 5.40. The number of aromatic nitrogens is 3. The minimum Gasteiger partial charge on any atom is -0.364 e. The number of hydrogen-bond donors (Lipinski definition) is 2. The fraction of sp³-hybridized carbons (Fsp3) is 0.0714. The Kier molecular flexibility index (Phi) is 3.28. The van der Waals surface area contributed by atoms with E-state index in [1.165, 1.54) is 6.26 Å². The molecule has 2 aromatic heterocycles. The number of carbonyl (C=O) groups is 1. The molecule has 0 saturated carbocycles. The number of benzene rings is 1. The first-order chi connectivity index (χ1) is 9.83. The molecule has 0 radical (unpaired) electrons. The highest BCUT2D eigenvalue weighted by molar-refractivity contribution is 5.95.